The number of ether oxygens (including phenoxy) is 4. The van der Waals surface area contributed by atoms with Gasteiger partial charge >= 0.3 is 0 Å². The number of hydrogen-bond donors (Lipinski definition) is 3. The molecule has 0 radical (unpaired) electrons. The van der Waals surface area contributed by atoms with Crippen LogP contribution in [0.4, 0.5) is 0 Å². The maximum Gasteiger partial charge on any atom is 0.161 e. The van der Waals surface area contributed by atoms with Gasteiger partial charge in [0.15, 0.2) is 12.6 Å². The normalized spacial score (nSPS) is 38.7. The Morgan fingerprint density at radius 3 is 2.59 bits per heavy atom. The van der Waals surface area contributed by atoms with Crippen molar-refractivity contribution in [1.29, 1.82) is 0 Å². The molecule has 34 heavy (non-hydrogen) atoms. The Morgan fingerprint density at radius 1 is 1.03 bits per heavy atom. The molecule has 4 bridgehead atoms. The van der Waals surface area contributed by atoms with Crippen molar-refractivity contribution in [2.75, 3.05) is 13.2 Å². The number of aliphatic hydroxyl groups excluding tert-OH is 3. The van der Waals surface area contributed by atoms with Crippen molar-refractivity contribution in [3.63, 3.8) is 0 Å². The van der Waals surface area contributed by atoms with Crippen LogP contribution in [-0.2, 0) is 25.6 Å². The maximum absolute atomic E-state index is 10.5. The van der Waals surface area contributed by atoms with Gasteiger partial charge in [0.1, 0.15) is 0 Å². The monoisotopic (exact) mass is 477 g/mol. The third kappa shape index (κ3) is 5.05. The predicted octanol–water partition coefficient (Wildman–Crippen LogP) is 2.78. The second kappa shape index (κ2) is 10.1. The zero-order valence-corrected chi connectivity index (χ0v) is 20.1. The third-order valence-electron chi connectivity index (χ3n) is 8.28. The number of hydrogen-bond acceptors (Lipinski definition) is 8. The molecule has 190 valence electrons. The van der Waals surface area contributed by atoms with Crippen LogP contribution in [0.25, 0.3) is 0 Å². The first-order valence-corrected chi connectivity index (χ1v) is 12.9. The minimum absolute atomic E-state index is 0.0462. The molecule has 5 heterocycles. The maximum atomic E-state index is 10.5. The van der Waals surface area contributed by atoms with E-state index in [-0.39, 0.29) is 31.0 Å². The van der Waals surface area contributed by atoms with Crippen molar-refractivity contribution in [3.05, 3.63) is 29.6 Å². The second-order valence-electron chi connectivity index (χ2n) is 10.9. The zero-order chi connectivity index (χ0) is 23.8. The van der Waals surface area contributed by atoms with Crippen molar-refractivity contribution in [2.24, 2.45) is 5.92 Å². The first-order chi connectivity index (χ1) is 16.4. The predicted molar refractivity (Wildman–Crippen MR) is 123 cm³/mol. The topological polar surface area (TPSA) is 111 Å². The summed E-state index contributed by atoms with van der Waals surface area (Å²) in [6, 6.07) is 2.05. The van der Waals surface area contributed by atoms with Crippen LogP contribution < -0.4 is 0 Å². The van der Waals surface area contributed by atoms with E-state index in [9.17, 15) is 15.3 Å². The van der Waals surface area contributed by atoms with E-state index < -0.39 is 23.4 Å². The van der Waals surface area contributed by atoms with E-state index >= 15 is 0 Å². The van der Waals surface area contributed by atoms with Crippen LogP contribution in [0, 0.1) is 5.92 Å². The fourth-order valence-corrected chi connectivity index (χ4v) is 6.62. The Labute approximate surface area is 201 Å². The van der Waals surface area contributed by atoms with E-state index in [0.29, 0.717) is 38.9 Å². The van der Waals surface area contributed by atoms with Crippen LogP contribution in [0.5, 0.6) is 0 Å². The van der Waals surface area contributed by atoms with Gasteiger partial charge in [0, 0.05) is 38.1 Å². The Kier molecular flexibility index (Phi) is 7.29. The van der Waals surface area contributed by atoms with E-state index in [2.05, 4.69) is 11.9 Å². The molecule has 0 saturated carbocycles. The van der Waals surface area contributed by atoms with Crippen molar-refractivity contribution in [1.82, 2.24) is 4.98 Å². The minimum atomic E-state index is -0.462. The number of fused-ring (bicyclic) bond motifs is 4. The molecule has 4 aliphatic heterocycles. The van der Waals surface area contributed by atoms with Crippen LogP contribution in [0.3, 0.4) is 0 Å². The molecule has 4 aliphatic rings. The molecule has 8 nitrogen and oxygen atoms in total. The largest absolute Gasteiger partial charge is 0.393 e. The average Bonchev–Trinajstić information content (AvgIpc) is 3.31. The summed E-state index contributed by atoms with van der Waals surface area (Å²) in [4.78, 5) is 4.40. The summed E-state index contributed by atoms with van der Waals surface area (Å²) < 4.78 is 24.3. The Balaban J connectivity index is 1.38. The summed E-state index contributed by atoms with van der Waals surface area (Å²) in [6.45, 7) is 3.18. The van der Waals surface area contributed by atoms with Gasteiger partial charge in [0.05, 0.1) is 43.2 Å². The van der Waals surface area contributed by atoms with Gasteiger partial charge in [-0.25, -0.2) is 0 Å². The van der Waals surface area contributed by atoms with E-state index in [4.69, 9.17) is 18.9 Å². The molecule has 8 heteroatoms. The molecule has 0 amide bonds. The summed E-state index contributed by atoms with van der Waals surface area (Å²) in [5, 5.41) is 30.5. The molecular weight excluding hydrogens is 438 g/mol. The molecule has 5 rings (SSSR count). The summed E-state index contributed by atoms with van der Waals surface area (Å²) in [5.74, 6) is 0.394. The smallest absolute Gasteiger partial charge is 0.161 e. The third-order valence-corrected chi connectivity index (χ3v) is 8.28. The lowest BCUT2D eigenvalue weighted by Crippen LogP contribution is -2.47. The second-order valence-corrected chi connectivity index (χ2v) is 10.9. The Morgan fingerprint density at radius 2 is 1.79 bits per heavy atom. The van der Waals surface area contributed by atoms with Crippen LogP contribution in [0.2, 0.25) is 0 Å². The Hall–Kier alpha value is -1.13. The lowest BCUT2D eigenvalue weighted by Gasteiger charge is -2.42. The molecule has 0 spiro atoms. The van der Waals surface area contributed by atoms with Gasteiger partial charge in [0.25, 0.3) is 0 Å². The van der Waals surface area contributed by atoms with Gasteiger partial charge in [-0.2, -0.15) is 0 Å². The summed E-state index contributed by atoms with van der Waals surface area (Å²) in [6.07, 6.45) is 8.96. The van der Waals surface area contributed by atoms with E-state index in [1.807, 2.05) is 12.3 Å². The molecule has 3 N–H and O–H groups in total. The number of aromatic nitrogens is 1. The molecule has 8 unspecified atom stereocenters. The van der Waals surface area contributed by atoms with Gasteiger partial charge in [-0.1, -0.05) is 19.4 Å². The summed E-state index contributed by atoms with van der Waals surface area (Å²) in [5.41, 5.74) is 0.989. The fraction of sp³-hybridized carbons (Fsp3) is 0.808. The lowest BCUT2D eigenvalue weighted by molar-refractivity contribution is -0.173. The molecule has 0 aliphatic carbocycles. The molecule has 1 aromatic heterocycles. The highest BCUT2D eigenvalue weighted by atomic mass is 16.7. The van der Waals surface area contributed by atoms with Crippen molar-refractivity contribution in [2.45, 2.75) is 113 Å². The minimum Gasteiger partial charge on any atom is -0.393 e. The highest BCUT2D eigenvalue weighted by Crippen LogP contribution is 2.48. The van der Waals surface area contributed by atoms with Crippen molar-refractivity contribution in [3.8, 4) is 0 Å². The average molecular weight is 478 g/mol. The highest BCUT2D eigenvalue weighted by molar-refractivity contribution is 5.22. The van der Waals surface area contributed by atoms with Gasteiger partial charge < -0.3 is 34.3 Å². The molecule has 4 saturated heterocycles. The van der Waals surface area contributed by atoms with E-state index in [0.717, 1.165) is 43.2 Å². The molecule has 4 fully saturated rings. The molecule has 8 atom stereocenters. The van der Waals surface area contributed by atoms with E-state index in [1.54, 1.807) is 6.20 Å². The Bertz CT molecular complexity index is 839. The number of pyridine rings is 1. The highest BCUT2D eigenvalue weighted by Gasteiger charge is 2.53. The quantitative estimate of drug-likeness (QED) is 0.472. The fourth-order valence-electron chi connectivity index (χ4n) is 6.62. The standard InChI is InChI=1S/C26H39NO7/c1-2-3-20(26-11-22(30)9-24(34-26)32-16-26)7-18(19-6-17(14-28)12-27-13-19)4-5-25-10-21(29)8-23(33-25)31-15-25/h6,12-13,18,20-24,28-30H,2-5,7-11,14-16H2,1H3. The van der Waals surface area contributed by atoms with Gasteiger partial charge in [-0.15, -0.1) is 0 Å². The van der Waals surface area contributed by atoms with Crippen LogP contribution in [-0.4, -0.2) is 69.5 Å². The zero-order valence-electron chi connectivity index (χ0n) is 20.1. The SMILES string of the molecule is CCCC(CC(CCC12COC(CC(O)C1)O2)c1cncc(CO)c1)C12COC(CC(O)C1)O2. The van der Waals surface area contributed by atoms with Gasteiger partial charge in [-0.05, 0) is 48.6 Å². The molecule has 1 aromatic rings. The number of aliphatic hydroxyl groups is 3. The van der Waals surface area contributed by atoms with Gasteiger partial charge in [-0.3, -0.25) is 4.98 Å². The molecular formula is C26H39NO7. The van der Waals surface area contributed by atoms with Gasteiger partial charge in [0.2, 0.25) is 0 Å². The molecule has 0 aromatic carbocycles. The van der Waals surface area contributed by atoms with Crippen LogP contribution in [0.1, 0.15) is 81.8 Å². The van der Waals surface area contributed by atoms with E-state index in [1.165, 1.54) is 0 Å². The number of nitrogens with zero attached hydrogens (tertiary/aromatic N) is 1. The lowest BCUT2D eigenvalue weighted by atomic mass is 9.72. The van der Waals surface area contributed by atoms with Crippen LogP contribution >= 0.6 is 0 Å². The first kappa shape index (κ1) is 24.6. The van der Waals surface area contributed by atoms with Crippen molar-refractivity contribution >= 4 is 0 Å². The first-order valence-electron chi connectivity index (χ1n) is 12.9. The summed E-state index contributed by atoms with van der Waals surface area (Å²) >= 11 is 0. The van der Waals surface area contributed by atoms with Crippen LogP contribution in [0.15, 0.2) is 18.5 Å². The number of rotatable bonds is 10. The summed E-state index contributed by atoms with van der Waals surface area (Å²) in [7, 11) is 0. The van der Waals surface area contributed by atoms with Crippen molar-refractivity contribution < 1.29 is 34.3 Å².